The predicted octanol–water partition coefficient (Wildman–Crippen LogP) is 0.989. The van der Waals surface area contributed by atoms with Crippen molar-refractivity contribution in [3.8, 4) is 0 Å². The highest BCUT2D eigenvalue weighted by atomic mass is 16.5. The minimum Gasteiger partial charge on any atom is -0.497 e. The van der Waals surface area contributed by atoms with E-state index in [0.29, 0.717) is 12.1 Å². The second kappa shape index (κ2) is 6.99. The van der Waals surface area contributed by atoms with E-state index in [1.54, 1.807) is 0 Å². The molecule has 1 saturated heterocycles. The number of morpholine rings is 1. The lowest BCUT2D eigenvalue weighted by molar-refractivity contribution is 0.0333. The van der Waals surface area contributed by atoms with E-state index in [1.807, 2.05) is 6.26 Å². The van der Waals surface area contributed by atoms with Gasteiger partial charge in [-0.3, -0.25) is 4.90 Å². The van der Waals surface area contributed by atoms with E-state index in [0.717, 1.165) is 52.2 Å². The lowest BCUT2D eigenvalue weighted by atomic mass is 10.1. The number of hydrogen-bond donors (Lipinski definition) is 1. The second-order valence-electron chi connectivity index (χ2n) is 4.93. The van der Waals surface area contributed by atoms with Crippen LogP contribution in [0.3, 0.4) is 0 Å². The summed E-state index contributed by atoms with van der Waals surface area (Å²) in [5.41, 5.74) is 0. The van der Waals surface area contributed by atoms with E-state index in [1.165, 1.54) is 0 Å². The molecular weight excluding hydrogens is 216 g/mol. The third kappa shape index (κ3) is 4.66. The maximum absolute atomic E-state index is 5.54. The third-order valence-electron chi connectivity index (χ3n) is 3.35. The van der Waals surface area contributed by atoms with Crippen LogP contribution in [0.15, 0.2) is 12.3 Å². The van der Waals surface area contributed by atoms with Crippen LogP contribution in [0, 0.1) is 0 Å². The molecule has 0 aromatic heterocycles. The summed E-state index contributed by atoms with van der Waals surface area (Å²) in [6.45, 7) is 8.19. The Hall–Kier alpha value is -0.580. The molecule has 2 aliphatic heterocycles. The van der Waals surface area contributed by atoms with E-state index >= 15 is 0 Å². The van der Waals surface area contributed by atoms with Gasteiger partial charge in [-0.1, -0.05) is 0 Å². The van der Waals surface area contributed by atoms with Gasteiger partial charge < -0.3 is 14.8 Å². The lowest BCUT2D eigenvalue weighted by Gasteiger charge is -2.30. The molecule has 0 bridgehead atoms. The summed E-state index contributed by atoms with van der Waals surface area (Å²) < 4.78 is 10.9. The Kier molecular flexibility index (Phi) is 5.29. The van der Waals surface area contributed by atoms with Crippen LogP contribution in [0.25, 0.3) is 0 Å². The van der Waals surface area contributed by atoms with E-state index in [2.05, 4.69) is 23.2 Å². The Morgan fingerprint density at radius 2 is 2.24 bits per heavy atom. The van der Waals surface area contributed by atoms with Crippen molar-refractivity contribution in [2.75, 3.05) is 39.4 Å². The normalized spacial score (nSPS) is 27.7. The average Bonchev–Trinajstić information content (AvgIpc) is 2.39. The van der Waals surface area contributed by atoms with Crippen LogP contribution in [0.2, 0.25) is 0 Å². The van der Waals surface area contributed by atoms with Gasteiger partial charge in [-0.05, 0) is 25.8 Å². The minimum atomic E-state index is 0.354. The summed E-state index contributed by atoms with van der Waals surface area (Å²) in [4.78, 5) is 2.46. The molecule has 0 aromatic rings. The Labute approximate surface area is 104 Å². The molecule has 0 saturated carbocycles. The first-order chi connectivity index (χ1) is 8.34. The summed E-state index contributed by atoms with van der Waals surface area (Å²) >= 11 is 0. The largest absolute Gasteiger partial charge is 0.497 e. The van der Waals surface area contributed by atoms with Gasteiger partial charge in [-0.15, -0.1) is 0 Å². The molecule has 2 atom stereocenters. The van der Waals surface area contributed by atoms with Crippen LogP contribution in [-0.2, 0) is 9.47 Å². The number of allylic oxidation sites excluding steroid dienone is 1. The first-order valence-electron chi connectivity index (χ1n) is 6.68. The van der Waals surface area contributed by atoms with Gasteiger partial charge in [-0.25, -0.2) is 0 Å². The van der Waals surface area contributed by atoms with Crippen LogP contribution >= 0.6 is 0 Å². The maximum atomic E-state index is 5.54. The molecule has 2 heterocycles. The number of nitrogens with zero attached hydrogens (tertiary/aromatic N) is 1. The fraction of sp³-hybridized carbons (Fsp3) is 0.846. The maximum Gasteiger partial charge on any atom is 0.110 e. The first kappa shape index (κ1) is 12.9. The van der Waals surface area contributed by atoms with Gasteiger partial charge in [0.2, 0.25) is 0 Å². The number of nitrogens with one attached hydrogen (secondary N) is 1. The van der Waals surface area contributed by atoms with Gasteiger partial charge in [0.15, 0.2) is 0 Å². The molecular formula is C13H24N2O2. The molecule has 2 unspecified atom stereocenters. The van der Waals surface area contributed by atoms with Crippen LogP contribution in [0.5, 0.6) is 0 Å². The average molecular weight is 240 g/mol. The molecule has 4 nitrogen and oxygen atoms in total. The summed E-state index contributed by atoms with van der Waals surface area (Å²) in [7, 11) is 0. The Morgan fingerprint density at radius 3 is 2.94 bits per heavy atom. The Bertz CT molecular complexity index is 240. The van der Waals surface area contributed by atoms with Crippen molar-refractivity contribution in [3.05, 3.63) is 12.3 Å². The van der Waals surface area contributed by atoms with Crippen molar-refractivity contribution >= 4 is 0 Å². The summed E-state index contributed by atoms with van der Waals surface area (Å²) in [5, 5.41) is 3.56. The quantitative estimate of drug-likeness (QED) is 0.777. The SMILES string of the molecule is CC(CN1CCOCC1)NCC1CCC=CO1. The fourth-order valence-corrected chi connectivity index (χ4v) is 2.30. The van der Waals surface area contributed by atoms with Crippen LogP contribution in [0.1, 0.15) is 19.8 Å². The zero-order valence-electron chi connectivity index (χ0n) is 10.7. The molecule has 17 heavy (non-hydrogen) atoms. The lowest BCUT2D eigenvalue weighted by Crippen LogP contribution is -2.46. The van der Waals surface area contributed by atoms with Gasteiger partial charge in [0.1, 0.15) is 6.10 Å². The van der Waals surface area contributed by atoms with E-state index in [4.69, 9.17) is 9.47 Å². The standard InChI is InChI=1S/C13H24N2O2/c1-12(11-15-5-8-16-9-6-15)14-10-13-4-2-3-7-17-13/h3,7,12-14H,2,4-6,8-11H2,1H3. The van der Waals surface area contributed by atoms with Gasteiger partial charge in [0.05, 0.1) is 19.5 Å². The Morgan fingerprint density at radius 1 is 1.41 bits per heavy atom. The smallest absolute Gasteiger partial charge is 0.110 e. The van der Waals surface area contributed by atoms with Crippen LogP contribution in [-0.4, -0.2) is 56.4 Å². The number of ether oxygens (including phenoxy) is 2. The summed E-state index contributed by atoms with van der Waals surface area (Å²) in [6.07, 6.45) is 6.56. The molecule has 4 heteroatoms. The highest BCUT2D eigenvalue weighted by molar-refractivity contribution is 4.83. The van der Waals surface area contributed by atoms with Crippen molar-refractivity contribution in [1.29, 1.82) is 0 Å². The molecule has 2 rings (SSSR count). The molecule has 1 fully saturated rings. The molecule has 0 aromatic carbocycles. The summed E-state index contributed by atoms with van der Waals surface area (Å²) in [6, 6.07) is 0.516. The topological polar surface area (TPSA) is 33.7 Å². The molecule has 2 aliphatic rings. The second-order valence-corrected chi connectivity index (χ2v) is 4.93. The molecule has 0 amide bonds. The monoisotopic (exact) mass is 240 g/mol. The molecule has 0 spiro atoms. The van der Waals surface area contributed by atoms with Crippen LogP contribution in [0.4, 0.5) is 0 Å². The van der Waals surface area contributed by atoms with Crippen molar-refractivity contribution in [2.24, 2.45) is 0 Å². The Balaban J connectivity index is 1.59. The molecule has 0 aliphatic carbocycles. The van der Waals surface area contributed by atoms with E-state index in [9.17, 15) is 0 Å². The van der Waals surface area contributed by atoms with Crippen molar-refractivity contribution in [1.82, 2.24) is 10.2 Å². The van der Waals surface area contributed by atoms with Crippen molar-refractivity contribution in [3.63, 3.8) is 0 Å². The number of hydrogen-bond acceptors (Lipinski definition) is 4. The minimum absolute atomic E-state index is 0.354. The van der Waals surface area contributed by atoms with Crippen molar-refractivity contribution < 1.29 is 9.47 Å². The zero-order valence-corrected chi connectivity index (χ0v) is 10.7. The van der Waals surface area contributed by atoms with Crippen LogP contribution < -0.4 is 5.32 Å². The van der Waals surface area contributed by atoms with E-state index < -0.39 is 0 Å². The molecule has 1 N–H and O–H groups in total. The molecule has 0 radical (unpaired) electrons. The predicted molar refractivity (Wildman–Crippen MR) is 68.0 cm³/mol. The fourth-order valence-electron chi connectivity index (χ4n) is 2.30. The van der Waals surface area contributed by atoms with E-state index in [-0.39, 0.29) is 0 Å². The van der Waals surface area contributed by atoms with Crippen molar-refractivity contribution in [2.45, 2.75) is 31.9 Å². The van der Waals surface area contributed by atoms with Gasteiger partial charge in [0.25, 0.3) is 0 Å². The zero-order chi connectivity index (χ0) is 11.9. The highest BCUT2D eigenvalue weighted by Gasteiger charge is 2.15. The first-order valence-corrected chi connectivity index (χ1v) is 6.68. The van der Waals surface area contributed by atoms with Gasteiger partial charge in [-0.2, -0.15) is 0 Å². The van der Waals surface area contributed by atoms with Gasteiger partial charge >= 0.3 is 0 Å². The summed E-state index contributed by atoms with van der Waals surface area (Å²) in [5.74, 6) is 0. The van der Waals surface area contributed by atoms with Gasteiger partial charge in [0, 0.05) is 32.2 Å². The number of rotatable bonds is 5. The highest BCUT2D eigenvalue weighted by Crippen LogP contribution is 2.09. The molecule has 98 valence electrons. The third-order valence-corrected chi connectivity index (χ3v) is 3.35.